The molecule has 1 aromatic rings. The van der Waals surface area contributed by atoms with Crippen LogP contribution in [0.15, 0.2) is 18.2 Å². The molecule has 0 bridgehead atoms. The normalized spacial score (nSPS) is 9.53. The summed E-state index contributed by atoms with van der Waals surface area (Å²) in [6, 6.07) is 5.12. The summed E-state index contributed by atoms with van der Waals surface area (Å²) in [4.78, 5) is 10.9. The molecule has 1 rings (SSSR count). The molecule has 1 N–H and O–H groups in total. The molecule has 0 aromatic heterocycles. The first-order valence-corrected chi connectivity index (χ1v) is 5.62. The fraction of sp³-hybridized carbons (Fsp3) is 0.462. The van der Waals surface area contributed by atoms with Gasteiger partial charge in [0.25, 0.3) is 0 Å². The van der Waals surface area contributed by atoms with Gasteiger partial charge in [0.2, 0.25) is 0 Å². The van der Waals surface area contributed by atoms with Gasteiger partial charge in [0.1, 0.15) is 5.75 Å². The standard InChI is InChI=1S/C13H18O3.Ca.2H/c1-3-4-5-9-16-12-8-6-7-11(10(12)2)13(14)15;;;/h6-8H,3-5,9H2,1-2H3,(H,14,15);;;/q;+2;2*-1. The third-order valence-corrected chi connectivity index (χ3v) is 2.52. The van der Waals surface area contributed by atoms with Crippen molar-refractivity contribution < 1.29 is 17.5 Å². The number of unbranched alkanes of at least 4 members (excludes halogenated alkanes) is 2. The van der Waals surface area contributed by atoms with Crippen molar-refractivity contribution in [3.63, 3.8) is 0 Å². The SMILES string of the molecule is CCCCCOc1cccc(C(=O)O)c1C.[Ca+2].[H-].[H-]. The smallest absolute Gasteiger partial charge is 1.00 e. The number of aromatic carboxylic acids is 1. The van der Waals surface area contributed by atoms with E-state index in [1.54, 1.807) is 19.1 Å². The van der Waals surface area contributed by atoms with Crippen LogP contribution in [0.2, 0.25) is 0 Å². The van der Waals surface area contributed by atoms with E-state index in [4.69, 9.17) is 9.84 Å². The van der Waals surface area contributed by atoms with E-state index in [9.17, 15) is 4.79 Å². The molecule has 0 unspecified atom stereocenters. The number of rotatable bonds is 6. The zero-order chi connectivity index (χ0) is 12.0. The Bertz CT molecular complexity index is 373. The number of carbonyl (C=O) groups is 1. The quantitative estimate of drug-likeness (QED) is 0.634. The van der Waals surface area contributed by atoms with E-state index in [1.165, 1.54) is 0 Å². The summed E-state index contributed by atoms with van der Waals surface area (Å²) in [7, 11) is 0. The first kappa shape index (κ1) is 16.7. The van der Waals surface area contributed by atoms with Crippen LogP contribution in [0.4, 0.5) is 0 Å². The zero-order valence-corrected chi connectivity index (χ0v) is 12.7. The topological polar surface area (TPSA) is 46.5 Å². The maximum absolute atomic E-state index is 10.9. The van der Waals surface area contributed by atoms with Crippen LogP contribution in [-0.4, -0.2) is 55.4 Å². The fourth-order valence-electron chi connectivity index (χ4n) is 1.54. The second-order valence-corrected chi connectivity index (χ2v) is 3.79. The molecule has 17 heavy (non-hydrogen) atoms. The molecule has 0 fully saturated rings. The van der Waals surface area contributed by atoms with Crippen LogP contribution in [0.25, 0.3) is 0 Å². The molecule has 0 saturated carbocycles. The van der Waals surface area contributed by atoms with Crippen LogP contribution in [-0.2, 0) is 0 Å². The predicted molar refractivity (Wildman–Crippen MR) is 71.1 cm³/mol. The number of hydrogen-bond donors (Lipinski definition) is 1. The minimum atomic E-state index is -0.906. The van der Waals surface area contributed by atoms with E-state index in [1.807, 2.05) is 6.07 Å². The summed E-state index contributed by atoms with van der Waals surface area (Å²) in [5, 5.41) is 8.94. The van der Waals surface area contributed by atoms with Gasteiger partial charge in [-0.3, -0.25) is 0 Å². The third-order valence-electron chi connectivity index (χ3n) is 2.52. The molecule has 0 radical (unpaired) electrons. The van der Waals surface area contributed by atoms with Gasteiger partial charge in [-0.05, 0) is 25.5 Å². The summed E-state index contributed by atoms with van der Waals surface area (Å²) >= 11 is 0. The Morgan fingerprint density at radius 1 is 1.41 bits per heavy atom. The fourth-order valence-corrected chi connectivity index (χ4v) is 1.54. The molecule has 0 atom stereocenters. The molecule has 1 aromatic carbocycles. The number of carboxylic acid groups (broad SMARTS) is 1. The molecule has 0 aliphatic carbocycles. The van der Waals surface area contributed by atoms with E-state index < -0.39 is 5.97 Å². The van der Waals surface area contributed by atoms with Crippen LogP contribution >= 0.6 is 0 Å². The van der Waals surface area contributed by atoms with Gasteiger partial charge in [-0.15, -0.1) is 0 Å². The second kappa shape index (κ2) is 8.78. The summed E-state index contributed by atoms with van der Waals surface area (Å²) in [5.41, 5.74) is 1.01. The van der Waals surface area contributed by atoms with Crippen LogP contribution in [0.3, 0.4) is 0 Å². The zero-order valence-electron chi connectivity index (χ0n) is 12.5. The molecule has 92 valence electrons. The van der Waals surface area contributed by atoms with Crippen molar-refractivity contribution in [3.8, 4) is 5.75 Å². The van der Waals surface area contributed by atoms with Crippen molar-refractivity contribution in [1.82, 2.24) is 0 Å². The molecule has 0 spiro atoms. The predicted octanol–water partition coefficient (Wildman–Crippen LogP) is 3.11. The van der Waals surface area contributed by atoms with Crippen LogP contribution in [0.1, 0.15) is 45.0 Å². The van der Waals surface area contributed by atoms with Gasteiger partial charge in [0, 0.05) is 5.56 Å². The average molecular weight is 264 g/mol. The van der Waals surface area contributed by atoms with Crippen molar-refractivity contribution in [2.75, 3.05) is 6.61 Å². The van der Waals surface area contributed by atoms with Gasteiger partial charge in [-0.1, -0.05) is 25.8 Å². The van der Waals surface area contributed by atoms with E-state index >= 15 is 0 Å². The molecular formula is C13H20CaO3. The Morgan fingerprint density at radius 2 is 2.12 bits per heavy atom. The van der Waals surface area contributed by atoms with Crippen LogP contribution in [0.5, 0.6) is 5.75 Å². The van der Waals surface area contributed by atoms with Crippen molar-refractivity contribution in [1.29, 1.82) is 0 Å². The second-order valence-electron chi connectivity index (χ2n) is 3.79. The molecule has 3 nitrogen and oxygen atoms in total. The monoisotopic (exact) mass is 264 g/mol. The number of benzene rings is 1. The molecule has 0 aliphatic heterocycles. The van der Waals surface area contributed by atoms with Gasteiger partial charge >= 0.3 is 43.7 Å². The minimum Gasteiger partial charge on any atom is -1.00 e. The van der Waals surface area contributed by atoms with Gasteiger partial charge in [-0.2, -0.15) is 0 Å². The Hall–Kier alpha value is -0.250. The van der Waals surface area contributed by atoms with Crippen LogP contribution < -0.4 is 4.74 Å². The van der Waals surface area contributed by atoms with Gasteiger partial charge in [-0.25, -0.2) is 4.79 Å². The summed E-state index contributed by atoms with van der Waals surface area (Å²) in [5.74, 6) is -0.229. The minimum absolute atomic E-state index is 0. The maximum Gasteiger partial charge on any atom is 2.00 e. The van der Waals surface area contributed by atoms with Gasteiger partial charge in [0.05, 0.1) is 12.2 Å². The molecule has 0 amide bonds. The Labute approximate surface area is 135 Å². The number of carboxylic acids is 1. The Morgan fingerprint density at radius 3 is 2.71 bits per heavy atom. The van der Waals surface area contributed by atoms with Crippen molar-refractivity contribution in [2.24, 2.45) is 0 Å². The van der Waals surface area contributed by atoms with E-state index in [0.717, 1.165) is 19.3 Å². The van der Waals surface area contributed by atoms with E-state index in [2.05, 4.69) is 6.92 Å². The first-order valence-electron chi connectivity index (χ1n) is 5.62. The largest absolute Gasteiger partial charge is 2.00 e. The Balaban J connectivity index is -0.000000853. The van der Waals surface area contributed by atoms with Crippen molar-refractivity contribution in [2.45, 2.75) is 33.1 Å². The summed E-state index contributed by atoms with van der Waals surface area (Å²) in [6.45, 7) is 4.56. The molecular weight excluding hydrogens is 244 g/mol. The summed E-state index contributed by atoms with van der Waals surface area (Å²) < 4.78 is 5.57. The van der Waals surface area contributed by atoms with Crippen molar-refractivity contribution >= 4 is 43.7 Å². The molecule has 0 saturated heterocycles. The maximum atomic E-state index is 10.9. The summed E-state index contributed by atoms with van der Waals surface area (Å²) in [6.07, 6.45) is 3.29. The molecule has 4 heteroatoms. The van der Waals surface area contributed by atoms with Gasteiger partial charge < -0.3 is 12.7 Å². The van der Waals surface area contributed by atoms with Gasteiger partial charge in [0.15, 0.2) is 0 Å². The van der Waals surface area contributed by atoms with Crippen LogP contribution in [0, 0.1) is 6.92 Å². The third kappa shape index (κ3) is 5.28. The number of hydrogen-bond acceptors (Lipinski definition) is 2. The first-order chi connectivity index (χ1) is 7.66. The molecule has 0 heterocycles. The molecule has 0 aliphatic rings. The Kier molecular flexibility index (Phi) is 8.66. The van der Waals surface area contributed by atoms with Crippen molar-refractivity contribution in [3.05, 3.63) is 29.3 Å². The van der Waals surface area contributed by atoms with E-state index in [-0.39, 0.29) is 40.6 Å². The van der Waals surface area contributed by atoms with E-state index in [0.29, 0.717) is 23.5 Å². The number of ether oxygens (including phenoxy) is 1. The average Bonchev–Trinajstić information content (AvgIpc) is 2.26.